The molecule has 1 fully saturated rings. The second kappa shape index (κ2) is 15.3. The van der Waals surface area contributed by atoms with Gasteiger partial charge in [-0.25, -0.2) is 0 Å². The van der Waals surface area contributed by atoms with E-state index < -0.39 is 0 Å². The van der Waals surface area contributed by atoms with Crippen LogP contribution in [0.15, 0.2) is 4.99 Å². The van der Waals surface area contributed by atoms with Crippen LogP contribution >= 0.6 is 24.0 Å². The van der Waals surface area contributed by atoms with E-state index in [9.17, 15) is 4.79 Å². The van der Waals surface area contributed by atoms with E-state index in [4.69, 9.17) is 15.2 Å². The van der Waals surface area contributed by atoms with Gasteiger partial charge in [-0.05, 0) is 40.0 Å². The molecule has 1 heterocycles. The third-order valence-electron chi connectivity index (χ3n) is 4.05. The van der Waals surface area contributed by atoms with Gasteiger partial charge in [0, 0.05) is 39.1 Å². The van der Waals surface area contributed by atoms with E-state index in [2.05, 4.69) is 15.2 Å². The molecule has 1 aliphatic heterocycles. The Kier molecular flexibility index (Phi) is 15.0. The second-order valence-corrected chi connectivity index (χ2v) is 7.75. The van der Waals surface area contributed by atoms with Crippen molar-refractivity contribution in [3.05, 3.63) is 0 Å². The van der Waals surface area contributed by atoms with Crippen molar-refractivity contribution in [1.29, 1.82) is 0 Å². The van der Waals surface area contributed by atoms with Gasteiger partial charge in [-0.3, -0.25) is 14.7 Å². The number of halogens is 1. The average Bonchev–Trinajstić information content (AvgIpc) is 2.57. The van der Waals surface area contributed by atoms with Gasteiger partial charge < -0.3 is 20.5 Å². The van der Waals surface area contributed by atoms with Gasteiger partial charge in [0.15, 0.2) is 5.96 Å². The third kappa shape index (κ3) is 16.1. The highest BCUT2D eigenvalue weighted by Gasteiger charge is 2.15. The SMILES string of the molecule is CC(C)(C)OC(=O)CCCCCCNC(N)=NCCCN1CCOCC1.I. The second-order valence-electron chi connectivity index (χ2n) is 7.75. The van der Waals surface area contributed by atoms with Gasteiger partial charge in [-0.15, -0.1) is 24.0 Å². The summed E-state index contributed by atoms with van der Waals surface area (Å²) in [6, 6.07) is 0. The molecule has 27 heavy (non-hydrogen) atoms. The van der Waals surface area contributed by atoms with Gasteiger partial charge in [-0.1, -0.05) is 12.8 Å². The van der Waals surface area contributed by atoms with Crippen molar-refractivity contribution in [2.45, 2.75) is 64.9 Å². The number of guanidine groups is 1. The van der Waals surface area contributed by atoms with Gasteiger partial charge >= 0.3 is 5.97 Å². The smallest absolute Gasteiger partial charge is 0.306 e. The molecule has 160 valence electrons. The molecule has 0 amide bonds. The number of morpholine rings is 1. The van der Waals surface area contributed by atoms with Crippen molar-refractivity contribution in [3.8, 4) is 0 Å². The van der Waals surface area contributed by atoms with E-state index in [1.807, 2.05) is 20.8 Å². The molecular weight excluding hydrogens is 459 g/mol. The van der Waals surface area contributed by atoms with E-state index in [-0.39, 0.29) is 35.5 Å². The fraction of sp³-hybridized carbons (Fsp3) is 0.895. The maximum atomic E-state index is 11.6. The minimum atomic E-state index is -0.389. The number of ether oxygens (including phenoxy) is 2. The first-order valence-corrected chi connectivity index (χ1v) is 9.92. The Morgan fingerprint density at radius 1 is 1.15 bits per heavy atom. The predicted octanol–water partition coefficient (Wildman–Crippen LogP) is 2.52. The van der Waals surface area contributed by atoms with E-state index in [1.165, 1.54) is 0 Å². The van der Waals surface area contributed by atoms with Crippen LogP contribution in [0.25, 0.3) is 0 Å². The van der Waals surface area contributed by atoms with Crippen molar-refractivity contribution >= 4 is 35.9 Å². The number of unbranched alkanes of at least 4 members (excludes halogenated alkanes) is 3. The van der Waals surface area contributed by atoms with E-state index in [0.29, 0.717) is 12.4 Å². The molecule has 0 aromatic rings. The Hall–Kier alpha value is -0.610. The highest BCUT2D eigenvalue weighted by atomic mass is 127. The minimum Gasteiger partial charge on any atom is -0.460 e. The fourth-order valence-corrected chi connectivity index (χ4v) is 2.73. The number of rotatable bonds is 11. The van der Waals surface area contributed by atoms with Crippen molar-refractivity contribution < 1.29 is 14.3 Å². The van der Waals surface area contributed by atoms with Gasteiger partial charge in [0.05, 0.1) is 13.2 Å². The van der Waals surface area contributed by atoms with E-state index in [0.717, 1.165) is 78.0 Å². The largest absolute Gasteiger partial charge is 0.460 e. The number of carbonyl (C=O) groups excluding carboxylic acids is 1. The number of nitrogens with one attached hydrogen (secondary N) is 1. The van der Waals surface area contributed by atoms with Gasteiger partial charge in [0.25, 0.3) is 0 Å². The number of esters is 1. The summed E-state index contributed by atoms with van der Waals surface area (Å²) in [5, 5.41) is 3.15. The lowest BCUT2D eigenvalue weighted by Crippen LogP contribution is -2.37. The van der Waals surface area contributed by atoms with E-state index >= 15 is 0 Å². The Labute approximate surface area is 181 Å². The van der Waals surface area contributed by atoms with Crippen LogP contribution in [0.3, 0.4) is 0 Å². The molecule has 1 saturated heterocycles. The number of aliphatic imine (C=N–C) groups is 1. The Bertz CT molecular complexity index is 422. The zero-order valence-electron chi connectivity index (χ0n) is 17.3. The van der Waals surface area contributed by atoms with Crippen molar-refractivity contribution in [1.82, 2.24) is 10.2 Å². The van der Waals surface area contributed by atoms with Crippen LogP contribution < -0.4 is 11.1 Å². The molecule has 0 aromatic heterocycles. The first-order chi connectivity index (χ1) is 12.4. The third-order valence-corrected chi connectivity index (χ3v) is 4.05. The van der Waals surface area contributed by atoms with Gasteiger partial charge in [0.1, 0.15) is 5.60 Å². The molecule has 0 radical (unpaired) electrons. The standard InChI is InChI=1S/C19H38N4O3.HI/c1-19(2,3)26-17(24)9-6-4-5-7-10-21-18(20)22-11-8-12-23-13-15-25-16-14-23;/h4-16H2,1-3H3,(H3,20,21,22);1H. The summed E-state index contributed by atoms with van der Waals surface area (Å²) < 4.78 is 10.6. The number of hydrogen-bond acceptors (Lipinski definition) is 5. The molecule has 0 saturated carbocycles. The van der Waals surface area contributed by atoms with Crippen LogP contribution in [-0.2, 0) is 14.3 Å². The Morgan fingerprint density at radius 2 is 1.81 bits per heavy atom. The van der Waals surface area contributed by atoms with Crippen LogP contribution in [0, 0.1) is 0 Å². The molecular formula is C19H39IN4O3. The normalized spacial score (nSPS) is 15.9. The molecule has 1 rings (SSSR count). The average molecular weight is 498 g/mol. The summed E-state index contributed by atoms with van der Waals surface area (Å²) in [5.41, 5.74) is 5.49. The summed E-state index contributed by atoms with van der Waals surface area (Å²) in [7, 11) is 0. The molecule has 3 N–H and O–H groups in total. The molecule has 7 nitrogen and oxygen atoms in total. The first kappa shape index (κ1) is 26.4. The highest BCUT2D eigenvalue weighted by molar-refractivity contribution is 14.0. The molecule has 0 unspecified atom stereocenters. The summed E-state index contributed by atoms with van der Waals surface area (Å²) >= 11 is 0. The number of carbonyl (C=O) groups is 1. The molecule has 0 bridgehead atoms. The lowest BCUT2D eigenvalue weighted by atomic mass is 10.1. The molecule has 8 heteroatoms. The maximum Gasteiger partial charge on any atom is 0.306 e. The number of nitrogens with zero attached hydrogens (tertiary/aromatic N) is 2. The Morgan fingerprint density at radius 3 is 2.48 bits per heavy atom. The molecule has 0 aromatic carbocycles. The zero-order valence-corrected chi connectivity index (χ0v) is 19.6. The summed E-state index contributed by atoms with van der Waals surface area (Å²) in [5.74, 6) is 0.421. The first-order valence-electron chi connectivity index (χ1n) is 9.92. The molecule has 0 atom stereocenters. The Balaban J connectivity index is 0.00000676. The molecule has 0 spiro atoms. The van der Waals surface area contributed by atoms with Crippen molar-refractivity contribution in [2.24, 2.45) is 10.7 Å². The molecule has 0 aliphatic carbocycles. The summed E-state index contributed by atoms with van der Waals surface area (Å²) in [6.07, 6.45) is 5.51. The zero-order chi connectivity index (χ0) is 19.3. The fourth-order valence-electron chi connectivity index (χ4n) is 2.73. The highest BCUT2D eigenvalue weighted by Crippen LogP contribution is 2.10. The maximum absolute atomic E-state index is 11.6. The predicted molar refractivity (Wildman–Crippen MR) is 121 cm³/mol. The lowest BCUT2D eigenvalue weighted by molar-refractivity contribution is -0.154. The van der Waals surface area contributed by atoms with Crippen LogP contribution in [0.5, 0.6) is 0 Å². The van der Waals surface area contributed by atoms with Crippen LogP contribution in [0.2, 0.25) is 0 Å². The van der Waals surface area contributed by atoms with Crippen molar-refractivity contribution in [3.63, 3.8) is 0 Å². The summed E-state index contributed by atoms with van der Waals surface area (Å²) in [4.78, 5) is 18.4. The van der Waals surface area contributed by atoms with Crippen LogP contribution in [-0.4, -0.2) is 68.4 Å². The van der Waals surface area contributed by atoms with Crippen LogP contribution in [0.4, 0.5) is 0 Å². The van der Waals surface area contributed by atoms with Crippen LogP contribution in [0.1, 0.15) is 59.3 Å². The van der Waals surface area contributed by atoms with Crippen molar-refractivity contribution in [2.75, 3.05) is 45.9 Å². The number of nitrogens with two attached hydrogens (primary N) is 1. The quantitative estimate of drug-likeness (QED) is 0.150. The lowest BCUT2D eigenvalue weighted by Gasteiger charge is -2.26. The molecule has 1 aliphatic rings. The summed E-state index contributed by atoms with van der Waals surface area (Å²) in [6.45, 7) is 12.0. The van der Waals surface area contributed by atoms with Gasteiger partial charge in [-0.2, -0.15) is 0 Å². The monoisotopic (exact) mass is 498 g/mol. The van der Waals surface area contributed by atoms with E-state index in [1.54, 1.807) is 0 Å². The van der Waals surface area contributed by atoms with Gasteiger partial charge in [0.2, 0.25) is 0 Å². The number of hydrogen-bond donors (Lipinski definition) is 2. The topological polar surface area (TPSA) is 89.2 Å². The minimum absolute atomic E-state index is 0.